The minimum absolute atomic E-state index is 0.0134. The van der Waals surface area contributed by atoms with E-state index in [4.69, 9.17) is 4.74 Å². The lowest BCUT2D eigenvalue weighted by molar-refractivity contribution is 0.0439. The third kappa shape index (κ3) is 2.56. The average Bonchev–Trinajstić information content (AvgIpc) is 2.88. The van der Waals surface area contributed by atoms with Crippen LogP contribution in [0.15, 0.2) is 48.5 Å². The minimum Gasteiger partial charge on any atom is -0.508 e. The maximum atomic E-state index is 9.50. The van der Waals surface area contributed by atoms with Crippen molar-refractivity contribution in [3.8, 4) is 11.5 Å². The summed E-state index contributed by atoms with van der Waals surface area (Å²) < 4.78 is 6.02. The van der Waals surface area contributed by atoms with Gasteiger partial charge in [0.2, 0.25) is 0 Å². The molecule has 0 amide bonds. The largest absolute Gasteiger partial charge is 0.508 e. The van der Waals surface area contributed by atoms with Crippen LogP contribution in [0.1, 0.15) is 36.2 Å². The first-order valence-electron chi connectivity index (χ1n) is 6.46. The highest BCUT2D eigenvalue weighted by Crippen LogP contribution is 2.41. The normalized spacial score (nSPS) is 22.5. The molecule has 2 unspecified atom stereocenters. The molecule has 1 heterocycles. The topological polar surface area (TPSA) is 49.7 Å². The smallest absolute Gasteiger partial charge is 0.115 e. The summed E-state index contributed by atoms with van der Waals surface area (Å²) in [6.07, 6.45) is 1.87. The summed E-state index contributed by atoms with van der Waals surface area (Å²) in [4.78, 5) is 0. The van der Waals surface area contributed by atoms with Gasteiger partial charge in [0, 0.05) is 0 Å². The second-order valence-corrected chi connectivity index (χ2v) is 4.88. The van der Waals surface area contributed by atoms with E-state index in [0.29, 0.717) is 0 Å². The van der Waals surface area contributed by atoms with Crippen LogP contribution in [0.5, 0.6) is 11.5 Å². The Balaban J connectivity index is 1.77. The lowest BCUT2D eigenvalue weighted by atomic mass is 10.0. The zero-order chi connectivity index (χ0) is 13.2. The number of hydrogen-bond acceptors (Lipinski definition) is 3. The highest BCUT2D eigenvalue weighted by Gasteiger charge is 2.27. The molecule has 98 valence electrons. The third-order valence-corrected chi connectivity index (χ3v) is 3.50. The van der Waals surface area contributed by atoms with Gasteiger partial charge in [0.05, 0.1) is 12.2 Å². The molecule has 2 aromatic carbocycles. The van der Waals surface area contributed by atoms with Crippen molar-refractivity contribution in [1.29, 1.82) is 0 Å². The summed E-state index contributed by atoms with van der Waals surface area (Å²) in [5, 5.41) is 19.0. The van der Waals surface area contributed by atoms with Crippen LogP contribution in [-0.2, 0) is 4.74 Å². The van der Waals surface area contributed by atoms with Gasteiger partial charge in [-0.15, -0.1) is 0 Å². The summed E-state index contributed by atoms with van der Waals surface area (Å²) in [5.74, 6) is 0.531. The molecular formula is C16H16O3. The van der Waals surface area contributed by atoms with Crippen molar-refractivity contribution in [2.75, 3.05) is 0 Å². The highest BCUT2D eigenvalue weighted by atomic mass is 16.5. The van der Waals surface area contributed by atoms with Crippen LogP contribution in [0, 0.1) is 0 Å². The van der Waals surface area contributed by atoms with E-state index in [9.17, 15) is 10.2 Å². The molecule has 1 aliphatic rings. The third-order valence-electron chi connectivity index (χ3n) is 3.50. The van der Waals surface area contributed by atoms with Crippen molar-refractivity contribution >= 4 is 0 Å². The maximum Gasteiger partial charge on any atom is 0.115 e. The number of ether oxygens (including phenoxy) is 1. The maximum absolute atomic E-state index is 9.50. The molecule has 2 N–H and O–H groups in total. The van der Waals surface area contributed by atoms with Gasteiger partial charge < -0.3 is 14.9 Å². The van der Waals surface area contributed by atoms with Crippen molar-refractivity contribution in [1.82, 2.24) is 0 Å². The molecule has 3 rings (SSSR count). The molecule has 2 atom stereocenters. The van der Waals surface area contributed by atoms with Gasteiger partial charge in [-0.1, -0.05) is 24.3 Å². The Morgan fingerprint density at radius 3 is 1.68 bits per heavy atom. The molecule has 1 fully saturated rings. The summed E-state index contributed by atoms with van der Waals surface area (Å²) in [7, 11) is 0. The van der Waals surface area contributed by atoms with Gasteiger partial charge in [0.25, 0.3) is 0 Å². The van der Waals surface area contributed by atoms with Crippen LogP contribution in [0.25, 0.3) is 0 Å². The van der Waals surface area contributed by atoms with Crippen LogP contribution in [-0.4, -0.2) is 10.2 Å². The van der Waals surface area contributed by atoms with Crippen molar-refractivity contribution in [2.24, 2.45) is 0 Å². The van der Waals surface area contributed by atoms with Gasteiger partial charge in [-0.2, -0.15) is 0 Å². The first-order chi connectivity index (χ1) is 9.22. The molecular weight excluding hydrogens is 240 g/mol. The molecule has 0 radical (unpaired) electrons. The zero-order valence-corrected chi connectivity index (χ0v) is 10.5. The van der Waals surface area contributed by atoms with E-state index in [1.807, 2.05) is 24.3 Å². The van der Waals surface area contributed by atoms with E-state index in [-0.39, 0.29) is 23.7 Å². The fourth-order valence-electron chi connectivity index (χ4n) is 2.58. The minimum atomic E-state index is 0.0134. The molecule has 3 nitrogen and oxygen atoms in total. The predicted octanol–water partition coefficient (Wildman–Crippen LogP) is 3.69. The monoisotopic (exact) mass is 256 g/mol. The van der Waals surface area contributed by atoms with E-state index in [1.165, 1.54) is 0 Å². The Labute approximate surface area is 112 Å². The number of benzene rings is 2. The van der Waals surface area contributed by atoms with Crippen LogP contribution < -0.4 is 0 Å². The van der Waals surface area contributed by atoms with Gasteiger partial charge in [-0.25, -0.2) is 0 Å². The lowest BCUT2D eigenvalue weighted by Crippen LogP contribution is -1.99. The van der Waals surface area contributed by atoms with Crippen molar-refractivity contribution < 1.29 is 14.9 Å². The second kappa shape index (κ2) is 4.94. The van der Waals surface area contributed by atoms with Crippen LogP contribution in [0.2, 0.25) is 0 Å². The van der Waals surface area contributed by atoms with E-state index < -0.39 is 0 Å². The highest BCUT2D eigenvalue weighted by molar-refractivity contribution is 5.31. The predicted molar refractivity (Wildman–Crippen MR) is 72.0 cm³/mol. The first kappa shape index (κ1) is 12.1. The number of hydrogen-bond donors (Lipinski definition) is 2. The van der Waals surface area contributed by atoms with Crippen molar-refractivity contribution in [2.45, 2.75) is 25.0 Å². The first-order valence-corrected chi connectivity index (χ1v) is 6.46. The van der Waals surface area contributed by atoms with Crippen molar-refractivity contribution in [3.05, 3.63) is 59.7 Å². The van der Waals surface area contributed by atoms with E-state index in [1.54, 1.807) is 24.3 Å². The molecule has 0 aromatic heterocycles. The van der Waals surface area contributed by atoms with Gasteiger partial charge >= 0.3 is 0 Å². The molecule has 0 saturated carbocycles. The van der Waals surface area contributed by atoms with Crippen molar-refractivity contribution in [3.63, 3.8) is 0 Å². The summed E-state index contributed by atoms with van der Waals surface area (Å²) in [6.45, 7) is 0. The molecule has 3 heteroatoms. The molecule has 0 bridgehead atoms. The van der Waals surface area contributed by atoms with E-state index >= 15 is 0 Å². The number of phenols is 2. The number of aromatic hydroxyl groups is 2. The Bertz CT molecular complexity index is 528. The molecule has 1 aliphatic heterocycles. The van der Waals surface area contributed by atoms with Crippen LogP contribution in [0.3, 0.4) is 0 Å². The van der Waals surface area contributed by atoms with Crippen LogP contribution >= 0.6 is 0 Å². The molecule has 2 aromatic rings. The van der Waals surface area contributed by atoms with Gasteiger partial charge in [-0.05, 0) is 48.2 Å². The average molecular weight is 256 g/mol. The summed E-state index contributed by atoms with van der Waals surface area (Å²) in [5.41, 5.74) is 2.00. The SMILES string of the molecule is Oc1cccc(C2CCC(c3cccc(O)c3)O2)c1. The Morgan fingerprint density at radius 2 is 1.26 bits per heavy atom. The second-order valence-electron chi connectivity index (χ2n) is 4.88. The standard InChI is InChI=1S/C16H16O3/c17-13-5-1-3-11(9-13)15-7-8-16(19-15)12-4-2-6-14(18)10-12/h1-6,9-10,15-18H,7-8H2. The quantitative estimate of drug-likeness (QED) is 0.861. The Morgan fingerprint density at radius 1 is 0.789 bits per heavy atom. The molecule has 1 saturated heterocycles. The Kier molecular flexibility index (Phi) is 3.13. The lowest BCUT2D eigenvalue weighted by Gasteiger charge is -2.14. The number of rotatable bonds is 2. The molecule has 19 heavy (non-hydrogen) atoms. The molecule has 0 aliphatic carbocycles. The van der Waals surface area contributed by atoms with Gasteiger partial charge in [-0.3, -0.25) is 0 Å². The van der Waals surface area contributed by atoms with Gasteiger partial charge in [0.1, 0.15) is 11.5 Å². The van der Waals surface area contributed by atoms with E-state index in [2.05, 4.69) is 0 Å². The fraction of sp³-hybridized carbons (Fsp3) is 0.250. The zero-order valence-electron chi connectivity index (χ0n) is 10.5. The Hall–Kier alpha value is -2.00. The van der Waals surface area contributed by atoms with Crippen LogP contribution in [0.4, 0.5) is 0 Å². The molecule has 0 spiro atoms. The fourth-order valence-corrected chi connectivity index (χ4v) is 2.58. The summed E-state index contributed by atoms with van der Waals surface area (Å²) >= 11 is 0. The summed E-state index contributed by atoms with van der Waals surface area (Å²) in [6, 6.07) is 14.4. The van der Waals surface area contributed by atoms with Gasteiger partial charge in [0.15, 0.2) is 0 Å². The number of phenolic OH excluding ortho intramolecular Hbond substituents is 2. The van der Waals surface area contributed by atoms with E-state index in [0.717, 1.165) is 24.0 Å².